The molecule has 1 aliphatic rings. The van der Waals surface area contributed by atoms with E-state index in [1.807, 2.05) is 43.3 Å². The number of hydrogen-bond donors (Lipinski definition) is 0. The molecule has 0 amide bonds. The summed E-state index contributed by atoms with van der Waals surface area (Å²) in [5, 5.41) is 10.9. The SMILES string of the molecule is COc1ccc(C(C#N)=Cc2ccc(N3CCC(OC(=O)CN(C)C)CC3)s2)cc1OC.Cl. The summed E-state index contributed by atoms with van der Waals surface area (Å²) < 4.78 is 16.2. The molecular formula is C24H30ClN3O4S. The number of piperidine rings is 1. The van der Waals surface area contributed by atoms with E-state index in [0.717, 1.165) is 41.4 Å². The van der Waals surface area contributed by atoms with Crippen LogP contribution in [0.2, 0.25) is 0 Å². The molecule has 0 unspecified atom stereocenters. The zero-order chi connectivity index (χ0) is 23.1. The summed E-state index contributed by atoms with van der Waals surface area (Å²) in [5.74, 6) is 1.05. The zero-order valence-corrected chi connectivity index (χ0v) is 21.0. The van der Waals surface area contributed by atoms with Crippen molar-refractivity contribution in [2.45, 2.75) is 18.9 Å². The maximum Gasteiger partial charge on any atom is 0.320 e. The molecule has 0 saturated carbocycles. The van der Waals surface area contributed by atoms with Gasteiger partial charge in [0.05, 0.1) is 37.4 Å². The fourth-order valence-corrected chi connectivity index (χ4v) is 4.59. The highest BCUT2D eigenvalue weighted by atomic mass is 35.5. The Labute approximate surface area is 205 Å². The third kappa shape index (κ3) is 7.13. The lowest BCUT2D eigenvalue weighted by molar-refractivity contribution is -0.150. The summed E-state index contributed by atoms with van der Waals surface area (Å²) in [7, 11) is 6.88. The van der Waals surface area contributed by atoms with E-state index in [2.05, 4.69) is 17.0 Å². The van der Waals surface area contributed by atoms with Gasteiger partial charge in [-0.25, -0.2) is 0 Å². The average Bonchev–Trinajstić information content (AvgIpc) is 3.25. The van der Waals surface area contributed by atoms with E-state index in [9.17, 15) is 10.1 Å². The second kappa shape index (κ2) is 12.5. The number of anilines is 1. The van der Waals surface area contributed by atoms with Crippen molar-refractivity contribution < 1.29 is 19.0 Å². The molecule has 1 saturated heterocycles. The van der Waals surface area contributed by atoms with Crippen molar-refractivity contribution in [3.8, 4) is 17.6 Å². The molecule has 9 heteroatoms. The van der Waals surface area contributed by atoms with Gasteiger partial charge in [-0.15, -0.1) is 23.7 Å². The Kier molecular flexibility index (Phi) is 10.0. The summed E-state index contributed by atoms with van der Waals surface area (Å²) >= 11 is 1.65. The molecular weight excluding hydrogens is 462 g/mol. The number of nitrogens with zero attached hydrogens (tertiary/aromatic N) is 3. The summed E-state index contributed by atoms with van der Waals surface area (Å²) in [5.41, 5.74) is 1.34. The first kappa shape index (κ1) is 26.5. The Morgan fingerprint density at radius 3 is 2.48 bits per heavy atom. The van der Waals surface area contributed by atoms with Crippen LogP contribution < -0.4 is 14.4 Å². The van der Waals surface area contributed by atoms with Gasteiger partial charge in [0.2, 0.25) is 0 Å². The molecule has 178 valence electrons. The van der Waals surface area contributed by atoms with Gasteiger partial charge in [-0.05, 0) is 56.1 Å². The minimum Gasteiger partial charge on any atom is -0.493 e. The van der Waals surface area contributed by atoms with Crippen LogP contribution in [0.3, 0.4) is 0 Å². The van der Waals surface area contributed by atoms with Crippen LogP contribution in [-0.4, -0.2) is 64.9 Å². The quantitative estimate of drug-likeness (QED) is 0.402. The lowest BCUT2D eigenvalue weighted by Gasteiger charge is -2.32. The predicted octanol–water partition coefficient (Wildman–Crippen LogP) is 4.32. The number of halogens is 1. The molecule has 0 bridgehead atoms. The van der Waals surface area contributed by atoms with E-state index < -0.39 is 0 Å². The van der Waals surface area contributed by atoms with Gasteiger partial charge in [-0.1, -0.05) is 0 Å². The van der Waals surface area contributed by atoms with Crippen LogP contribution in [0.25, 0.3) is 11.6 Å². The number of carbonyl (C=O) groups is 1. The first-order valence-electron chi connectivity index (χ1n) is 10.5. The van der Waals surface area contributed by atoms with Crippen molar-refractivity contribution in [2.24, 2.45) is 0 Å². The summed E-state index contributed by atoms with van der Waals surface area (Å²) in [6.45, 7) is 1.98. The van der Waals surface area contributed by atoms with Gasteiger partial charge in [0.15, 0.2) is 11.5 Å². The molecule has 1 aromatic carbocycles. The van der Waals surface area contributed by atoms with E-state index in [1.165, 1.54) is 0 Å². The van der Waals surface area contributed by atoms with Crippen molar-refractivity contribution in [1.29, 1.82) is 5.26 Å². The molecule has 1 aliphatic heterocycles. The Balaban J connectivity index is 0.00000385. The number of methoxy groups -OCH3 is 2. The minimum absolute atomic E-state index is 0. The van der Waals surface area contributed by atoms with Gasteiger partial charge >= 0.3 is 5.97 Å². The van der Waals surface area contributed by atoms with Crippen LogP contribution in [0.1, 0.15) is 23.3 Å². The van der Waals surface area contributed by atoms with Crippen LogP contribution in [0.15, 0.2) is 30.3 Å². The van der Waals surface area contributed by atoms with E-state index in [0.29, 0.717) is 23.6 Å². The van der Waals surface area contributed by atoms with Crippen LogP contribution in [0, 0.1) is 11.3 Å². The smallest absolute Gasteiger partial charge is 0.320 e. The zero-order valence-electron chi connectivity index (χ0n) is 19.4. The fourth-order valence-electron chi connectivity index (χ4n) is 3.59. The first-order chi connectivity index (χ1) is 15.4. The predicted molar refractivity (Wildman–Crippen MR) is 134 cm³/mol. The van der Waals surface area contributed by atoms with Gasteiger partial charge in [-0.3, -0.25) is 9.69 Å². The molecule has 2 heterocycles. The summed E-state index contributed by atoms with van der Waals surface area (Å²) in [6.07, 6.45) is 3.51. The molecule has 0 atom stereocenters. The normalized spacial score (nSPS) is 14.4. The van der Waals surface area contributed by atoms with Crippen LogP contribution in [-0.2, 0) is 9.53 Å². The second-order valence-corrected chi connectivity index (χ2v) is 8.92. The molecule has 7 nitrogen and oxygen atoms in total. The van der Waals surface area contributed by atoms with Gasteiger partial charge in [0.25, 0.3) is 0 Å². The number of hydrogen-bond acceptors (Lipinski definition) is 8. The number of benzene rings is 1. The van der Waals surface area contributed by atoms with Crippen LogP contribution in [0.5, 0.6) is 11.5 Å². The second-order valence-electron chi connectivity index (χ2n) is 7.83. The molecule has 1 aromatic heterocycles. The van der Waals surface area contributed by atoms with Gasteiger partial charge in [-0.2, -0.15) is 5.26 Å². The summed E-state index contributed by atoms with van der Waals surface area (Å²) in [6, 6.07) is 11.9. The number of rotatable bonds is 8. The Morgan fingerprint density at radius 2 is 1.88 bits per heavy atom. The molecule has 2 aromatic rings. The van der Waals surface area contributed by atoms with Crippen LogP contribution in [0.4, 0.5) is 5.00 Å². The van der Waals surface area contributed by atoms with Crippen molar-refractivity contribution in [3.63, 3.8) is 0 Å². The largest absolute Gasteiger partial charge is 0.493 e. The highest BCUT2D eigenvalue weighted by molar-refractivity contribution is 7.17. The first-order valence-corrected chi connectivity index (χ1v) is 11.3. The number of esters is 1. The molecule has 3 rings (SSSR count). The standard InChI is InChI=1S/C24H29N3O4S.ClH/c1-26(2)16-24(28)31-19-9-11-27(12-10-19)23-8-6-20(32-23)13-18(15-25)17-5-7-21(29-3)22(14-17)30-4;/h5-8,13-14,19H,9-12,16H2,1-4H3;1H. The molecule has 0 radical (unpaired) electrons. The Morgan fingerprint density at radius 1 is 1.18 bits per heavy atom. The number of carbonyl (C=O) groups excluding carboxylic acids is 1. The van der Waals surface area contributed by atoms with Gasteiger partial charge in [0.1, 0.15) is 6.10 Å². The van der Waals surface area contributed by atoms with E-state index in [1.54, 1.807) is 31.6 Å². The van der Waals surface area contributed by atoms with Crippen molar-refractivity contribution in [1.82, 2.24) is 4.90 Å². The minimum atomic E-state index is -0.170. The van der Waals surface area contributed by atoms with Gasteiger partial charge < -0.3 is 19.1 Å². The van der Waals surface area contributed by atoms with E-state index in [4.69, 9.17) is 14.2 Å². The number of ether oxygens (including phenoxy) is 3. The number of thiophene rings is 1. The maximum atomic E-state index is 11.9. The van der Waals surface area contributed by atoms with Crippen molar-refractivity contribution in [3.05, 3.63) is 40.8 Å². The lowest BCUT2D eigenvalue weighted by Crippen LogP contribution is -2.38. The molecule has 1 fully saturated rings. The average molecular weight is 492 g/mol. The maximum absolute atomic E-state index is 11.9. The topological polar surface area (TPSA) is 75.0 Å². The molecule has 0 aliphatic carbocycles. The lowest BCUT2D eigenvalue weighted by atomic mass is 10.1. The number of allylic oxidation sites excluding steroid dienone is 1. The monoisotopic (exact) mass is 491 g/mol. The third-order valence-electron chi connectivity index (χ3n) is 5.21. The fraction of sp³-hybridized carbons (Fsp3) is 0.417. The Bertz CT molecular complexity index is 1010. The highest BCUT2D eigenvalue weighted by Gasteiger charge is 2.23. The molecule has 33 heavy (non-hydrogen) atoms. The number of likely N-dealkylation sites (N-methyl/N-ethyl adjacent to an activating group) is 1. The third-order valence-corrected chi connectivity index (χ3v) is 6.30. The highest BCUT2D eigenvalue weighted by Crippen LogP contribution is 2.34. The van der Waals surface area contributed by atoms with Gasteiger partial charge in [0, 0.05) is 30.8 Å². The number of nitriles is 1. The summed E-state index contributed by atoms with van der Waals surface area (Å²) in [4.78, 5) is 17.0. The Hall–Kier alpha value is -2.73. The molecule has 0 N–H and O–H groups in total. The van der Waals surface area contributed by atoms with Crippen LogP contribution >= 0.6 is 23.7 Å². The van der Waals surface area contributed by atoms with Crippen molar-refractivity contribution >= 4 is 46.4 Å². The van der Waals surface area contributed by atoms with Crippen molar-refractivity contribution in [2.75, 3.05) is 52.8 Å². The molecule has 0 spiro atoms. The van der Waals surface area contributed by atoms with E-state index in [-0.39, 0.29) is 24.5 Å². The van der Waals surface area contributed by atoms with E-state index >= 15 is 0 Å².